The smallest absolute Gasteiger partial charge is 0.393 e. The van der Waals surface area contributed by atoms with Crippen molar-refractivity contribution < 1.29 is 33.5 Å². The van der Waals surface area contributed by atoms with E-state index in [4.69, 9.17) is 4.74 Å². The number of ether oxygens (including phenoxy) is 1. The summed E-state index contributed by atoms with van der Waals surface area (Å²) in [6.45, 7) is 25.1. The van der Waals surface area contributed by atoms with Crippen molar-refractivity contribution in [1.82, 2.24) is 0 Å². The van der Waals surface area contributed by atoms with Crippen LogP contribution in [0.1, 0.15) is 99.3 Å². The Hall–Kier alpha value is -0.333. The molecule has 0 aliphatic carbocycles. The first-order chi connectivity index (χ1) is 13.6. The van der Waals surface area contributed by atoms with Crippen molar-refractivity contribution in [2.24, 2.45) is 10.8 Å². The second kappa shape index (κ2) is 24.9. The first-order valence-corrected chi connectivity index (χ1v) is 11.3. The first kappa shape index (κ1) is 37.0. The van der Waals surface area contributed by atoms with Crippen LogP contribution in [0.25, 0.3) is 0 Å². The molecule has 174 valence electrons. The molecule has 1 atom stereocenters. The summed E-state index contributed by atoms with van der Waals surface area (Å²) < 4.78 is 4.94. The van der Waals surface area contributed by atoms with E-state index in [9.17, 15) is 9.90 Å². The third kappa shape index (κ3) is 27.7. The SMILES string of the molecule is C1CCOC1.C=CCC(C)(C)C(O)CCCC.C=CCC(C)(C)C=O.[CH2-]CCC.[Li+]. The third-order valence-electron chi connectivity index (χ3n) is 4.57. The average molecular weight is 419 g/mol. The molecule has 1 fully saturated rings. The second-order valence-electron chi connectivity index (χ2n) is 8.91. The van der Waals surface area contributed by atoms with Crippen molar-refractivity contribution >= 4 is 6.29 Å². The molecule has 0 amide bonds. The zero-order chi connectivity index (χ0) is 23.2. The van der Waals surface area contributed by atoms with Crippen molar-refractivity contribution in [2.45, 2.75) is 105 Å². The van der Waals surface area contributed by atoms with Crippen LogP contribution in [-0.2, 0) is 9.53 Å². The molecule has 1 aliphatic heterocycles. The molecular formula is C26H51LiO3. The van der Waals surface area contributed by atoms with Gasteiger partial charge in [-0.1, -0.05) is 73.0 Å². The van der Waals surface area contributed by atoms with E-state index >= 15 is 0 Å². The monoisotopic (exact) mass is 418 g/mol. The first-order valence-electron chi connectivity index (χ1n) is 11.3. The molecule has 0 spiro atoms. The molecule has 0 aromatic rings. The standard InChI is InChI=1S/C11H22O.C7H12O.C4H8O.C4H9.Li/c1-5-7-8-10(12)11(3,4)9-6-2;1-4-5-7(2,3)6-8;1-2-4-5-3-1;1-3-4-2;/h6,10,12H,2,5,7-9H2,1,3-4H3;4,6H,1,5H2,2-3H3;1-4H2;1,3-4H2,2H3;/q;;;-1;+1. The Balaban J connectivity index is -0.000000162. The number of aldehydes is 1. The summed E-state index contributed by atoms with van der Waals surface area (Å²) in [4.78, 5) is 10.2. The molecule has 4 heteroatoms. The molecular weight excluding hydrogens is 367 g/mol. The number of carbonyl (C=O) groups is 1. The fourth-order valence-electron chi connectivity index (χ4n) is 2.23. The second-order valence-corrected chi connectivity index (χ2v) is 8.91. The van der Waals surface area contributed by atoms with Crippen LogP contribution in [0.3, 0.4) is 0 Å². The molecule has 0 aromatic carbocycles. The van der Waals surface area contributed by atoms with Gasteiger partial charge in [-0.3, -0.25) is 0 Å². The van der Waals surface area contributed by atoms with E-state index in [2.05, 4.69) is 47.8 Å². The van der Waals surface area contributed by atoms with Crippen molar-refractivity contribution in [3.8, 4) is 0 Å². The minimum atomic E-state index is -0.207. The topological polar surface area (TPSA) is 46.5 Å². The van der Waals surface area contributed by atoms with Crippen LogP contribution in [0.2, 0.25) is 0 Å². The predicted molar refractivity (Wildman–Crippen MR) is 129 cm³/mol. The molecule has 0 radical (unpaired) electrons. The van der Waals surface area contributed by atoms with Crippen molar-refractivity contribution in [3.05, 3.63) is 32.2 Å². The summed E-state index contributed by atoms with van der Waals surface area (Å²) in [7, 11) is 0. The molecule has 1 rings (SSSR count). The molecule has 0 bridgehead atoms. The van der Waals surface area contributed by atoms with Crippen LogP contribution >= 0.6 is 0 Å². The van der Waals surface area contributed by atoms with E-state index in [1.54, 1.807) is 6.08 Å². The fraction of sp³-hybridized carbons (Fsp3) is 0.769. The van der Waals surface area contributed by atoms with Crippen LogP contribution in [-0.4, -0.2) is 30.7 Å². The number of hydrogen-bond acceptors (Lipinski definition) is 3. The van der Waals surface area contributed by atoms with Gasteiger partial charge in [0, 0.05) is 18.6 Å². The van der Waals surface area contributed by atoms with Gasteiger partial charge in [0.1, 0.15) is 6.29 Å². The Bertz CT molecular complexity index is 365. The van der Waals surface area contributed by atoms with E-state index in [0.29, 0.717) is 0 Å². The number of carbonyl (C=O) groups excluding carboxylic acids is 1. The zero-order valence-electron chi connectivity index (χ0n) is 21.5. The molecule has 1 saturated heterocycles. The van der Waals surface area contributed by atoms with E-state index in [1.807, 2.05) is 19.9 Å². The van der Waals surface area contributed by atoms with Gasteiger partial charge in [0.2, 0.25) is 0 Å². The van der Waals surface area contributed by atoms with Crippen molar-refractivity contribution in [3.63, 3.8) is 0 Å². The molecule has 1 aliphatic rings. The quantitative estimate of drug-likeness (QED) is 0.248. The van der Waals surface area contributed by atoms with Gasteiger partial charge >= 0.3 is 18.9 Å². The number of aliphatic hydroxyl groups is 1. The predicted octanol–water partition coefficient (Wildman–Crippen LogP) is 4.35. The summed E-state index contributed by atoms with van der Waals surface area (Å²) in [6.07, 6.45) is 14.1. The molecule has 30 heavy (non-hydrogen) atoms. The van der Waals surface area contributed by atoms with Crippen LogP contribution < -0.4 is 18.9 Å². The molecule has 1 unspecified atom stereocenters. The van der Waals surface area contributed by atoms with Gasteiger partial charge in [-0.15, -0.1) is 13.2 Å². The molecule has 0 saturated carbocycles. The summed E-state index contributed by atoms with van der Waals surface area (Å²) >= 11 is 0. The Labute approximate surface area is 201 Å². The maximum atomic E-state index is 10.2. The minimum Gasteiger partial charge on any atom is -0.393 e. The maximum absolute atomic E-state index is 10.2. The molecule has 3 nitrogen and oxygen atoms in total. The van der Waals surface area contributed by atoms with Crippen LogP contribution in [0, 0.1) is 17.8 Å². The number of unbranched alkanes of at least 4 members (excludes halogenated alkanes) is 2. The molecule has 1 N–H and O–H groups in total. The van der Waals surface area contributed by atoms with Gasteiger partial charge in [-0.05, 0) is 37.5 Å². The zero-order valence-corrected chi connectivity index (χ0v) is 21.5. The van der Waals surface area contributed by atoms with Gasteiger partial charge in [0.15, 0.2) is 0 Å². The Morgan fingerprint density at radius 2 is 1.50 bits per heavy atom. The van der Waals surface area contributed by atoms with Crippen molar-refractivity contribution in [1.29, 1.82) is 0 Å². The van der Waals surface area contributed by atoms with Gasteiger partial charge in [0.05, 0.1) is 6.10 Å². The van der Waals surface area contributed by atoms with Gasteiger partial charge in [0.25, 0.3) is 0 Å². The van der Waals surface area contributed by atoms with Crippen LogP contribution in [0.15, 0.2) is 25.3 Å². The Kier molecular flexibility index (Phi) is 30.8. The van der Waals surface area contributed by atoms with Gasteiger partial charge in [-0.25, -0.2) is 0 Å². The number of rotatable bonds is 10. The maximum Gasteiger partial charge on any atom is 1.00 e. The summed E-state index contributed by atoms with van der Waals surface area (Å²) in [5, 5.41) is 9.79. The van der Waals surface area contributed by atoms with Gasteiger partial charge in [-0.2, -0.15) is 6.42 Å². The van der Waals surface area contributed by atoms with Crippen molar-refractivity contribution in [2.75, 3.05) is 13.2 Å². The fourth-order valence-corrected chi connectivity index (χ4v) is 2.23. The summed E-state index contributed by atoms with van der Waals surface area (Å²) in [6, 6.07) is 0. The van der Waals surface area contributed by atoms with E-state index in [0.717, 1.165) is 58.0 Å². The van der Waals surface area contributed by atoms with E-state index in [1.165, 1.54) is 19.3 Å². The minimum absolute atomic E-state index is 0. The van der Waals surface area contributed by atoms with E-state index < -0.39 is 0 Å². The number of hydrogen-bond donors (Lipinski definition) is 1. The van der Waals surface area contributed by atoms with Crippen LogP contribution in [0.5, 0.6) is 0 Å². The van der Waals surface area contributed by atoms with E-state index in [-0.39, 0.29) is 35.8 Å². The third-order valence-corrected chi connectivity index (χ3v) is 4.57. The summed E-state index contributed by atoms with van der Waals surface area (Å²) in [5.41, 5.74) is -0.210. The summed E-state index contributed by atoms with van der Waals surface area (Å²) in [5.74, 6) is 0. The average Bonchev–Trinajstić information content (AvgIpc) is 3.27. The normalized spacial score (nSPS) is 13.6. The number of aliphatic hydroxyl groups excluding tert-OH is 1. The van der Waals surface area contributed by atoms with Gasteiger partial charge < -0.3 is 21.6 Å². The van der Waals surface area contributed by atoms with Crippen LogP contribution in [0.4, 0.5) is 0 Å². The molecule has 0 aromatic heterocycles. The molecule has 1 heterocycles. The number of allylic oxidation sites excluding steroid dienone is 2. The Morgan fingerprint density at radius 3 is 1.73 bits per heavy atom. The Morgan fingerprint density at radius 1 is 1.03 bits per heavy atom. The largest absolute Gasteiger partial charge is 1.00 e.